The number of amides is 2. The van der Waals surface area contributed by atoms with E-state index in [1.165, 1.54) is 24.1 Å². The first kappa shape index (κ1) is 15.6. The van der Waals surface area contributed by atoms with E-state index in [1.54, 1.807) is 16.0 Å². The number of thiazole rings is 1. The normalized spacial score (nSPS) is 18.9. The lowest BCUT2D eigenvalue weighted by Crippen LogP contribution is -2.34. The van der Waals surface area contributed by atoms with Crippen molar-refractivity contribution in [2.45, 2.75) is 51.0 Å². The van der Waals surface area contributed by atoms with Crippen LogP contribution < -0.4 is 10.6 Å². The Morgan fingerprint density at radius 2 is 2.17 bits per heavy atom. The van der Waals surface area contributed by atoms with Crippen molar-refractivity contribution in [1.82, 2.24) is 20.1 Å². The van der Waals surface area contributed by atoms with Crippen molar-refractivity contribution in [2.24, 2.45) is 13.0 Å². The van der Waals surface area contributed by atoms with Gasteiger partial charge in [-0.05, 0) is 38.5 Å². The molecule has 0 aromatic carbocycles. The number of nitrogens with zero attached hydrogens (tertiary/aromatic N) is 3. The molecule has 2 fully saturated rings. The highest BCUT2D eigenvalue weighted by Gasteiger charge is 2.35. The van der Waals surface area contributed by atoms with E-state index in [9.17, 15) is 4.79 Å². The molecule has 2 aliphatic carbocycles. The maximum atomic E-state index is 12.5. The van der Waals surface area contributed by atoms with E-state index in [2.05, 4.69) is 20.7 Å². The Labute approximate surface area is 145 Å². The maximum absolute atomic E-state index is 12.5. The summed E-state index contributed by atoms with van der Waals surface area (Å²) in [7, 11) is 1.88. The van der Waals surface area contributed by atoms with Crippen molar-refractivity contribution >= 4 is 23.2 Å². The lowest BCUT2D eigenvalue weighted by atomic mass is 9.83. The molecule has 4 rings (SSSR count). The molecule has 2 aliphatic rings. The third kappa shape index (κ3) is 3.17. The van der Waals surface area contributed by atoms with E-state index in [0.717, 1.165) is 29.4 Å². The van der Waals surface area contributed by atoms with Gasteiger partial charge in [0, 0.05) is 30.1 Å². The summed E-state index contributed by atoms with van der Waals surface area (Å²) in [6, 6.07) is 1.84. The van der Waals surface area contributed by atoms with Crippen LogP contribution in [0.2, 0.25) is 0 Å². The molecule has 0 radical (unpaired) electrons. The zero-order chi connectivity index (χ0) is 16.7. The van der Waals surface area contributed by atoms with Gasteiger partial charge in [0.25, 0.3) is 0 Å². The van der Waals surface area contributed by atoms with E-state index in [1.807, 2.05) is 26.2 Å². The van der Waals surface area contributed by atoms with Crippen LogP contribution in [-0.2, 0) is 7.05 Å². The third-order valence-corrected chi connectivity index (χ3v) is 5.94. The first-order valence-electron chi connectivity index (χ1n) is 8.64. The lowest BCUT2D eigenvalue weighted by Gasteiger charge is -2.22. The lowest BCUT2D eigenvalue weighted by molar-refractivity contribution is 0.247. The van der Waals surface area contributed by atoms with Gasteiger partial charge in [0.1, 0.15) is 10.8 Å². The molecule has 2 heterocycles. The Kier molecular flexibility index (Phi) is 4.04. The molecule has 128 valence electrons. The average Bonchev–Trinajstić information content (AvgIpc) is 3.14. The molecule has 0 bridgehead atoms. The number of hydrogen-bond donors (Lipinski definition) is 2. The minimum atomic E-state index is -0.178. The Hall–Kier alpha value is -1.89. The van der Waals surface area contributed by atoms with Gasteiger partial charge >= 0.3 is 6.03 Å². The van der Waals surface area contributed by atoms with Crippen molar-refractivity contribution in [3.8, 4) is 0 Å². The van der Waals surface area contributed by atoms with E-state index in [0.29, 0.717) is 11.8 Å². The predicted octanol–water partition coefficient (Wildman–Crippen LogP) is 3.73. The SMILES string of the molecule is Cc1cnc(C(NC(=O)Nc2cc(C3CCC3)nn2C)C2CC2)s1. The molecule has 2 aromatic rings. The summed E-state index contributed by atoms with van der Waals surface area (Å²) in [6.07, 6.45) is 7.87. The molecular weight excluding hydrogens is 322 g/mol. The van der Waals surface area contributed by atoms with E-state index >= 15 is 0 Å². The van der Waals surface area contributed by atoms with Crippen LogP contribution in [0.3, 0.4) is 0 Å². The zero-order valence-electron chi connectivity index (χ0n) is 14.1. The molecule has 0 spiro atoms. The fraction of sp³-hybridized carbons (Fsp3) is 0.588. The highest BCUT2D eigenvalue weighted by atomic mass is 32.1. The average molecular weight is 345 g/mol. The Bertz CT molecular complexity index is 744. The molecule has 2 saturated carbocycles. The number of aromatic nitrogens is 3. The highest BCUT2D eigenvalue weighted by Crippen LogP contribution is 2.42. The first-order valence-corrected chi connectivity index (χ1v) is 9.45. The minimum Gasteiger partial charge on any atom is -0.328 e. The molecule has 2 aromatic heterocycles. The topological polar surface area (TPSA) is 71.8 Å². The number of hydrogen-bond acceptors (Lipinski definition) is 4. The van der Waals surface area contributed by atoms with Crippen LogP contribution in [0.15, 0.2) is 12.3 Å². The van der Waals surface area contributed by atoms with Crippen LogP contribution in [0.5, 0.6) is 0 Å². The summed E-state index contributed by atoms with van der Waals surface area (Å²) < 4.78 is 1.76. The highest BCUT2D eigenvalue weighted by molar-refractivity contribution is 7.11. The van der Waals surface area contributed by atoms with Crippen LogP contribution in [-0.4, -0.2) is 20.8 Å². The van der Waals surface area contributed by atoms with Gasteiger partial charge in [0.05, 0.1) is 11.7 Å². The number of aryl methyl sites for hydroxylation is 2. The Morgan fingerprint density at radius 3 is 2.75 bits per heavy atom. The number of carbonyl (C=O) groups excluding carboxylic acids is 1. The molecule has 1 atom stereocenters. The molecule has 0 aliphatic heterocycles. The third-order valence-electron chi connectivity index (χ3n) is 4.95. The van der Waals surface area contributed by atoms with Crippen LogP contribution in [0.25, 0.3) is 0 Å². The van der Waals surface area contributed by atoms with Crippen LogP contribution in [0.4, 0.5) is 10.6 Å². The largest absolute Gasteiger partial charge is 0.328 e. The monoisotopic (exact) mass is 345 g/mol. The second-order valence-corrected chi connectivity index (χ2v) is 8.19. The smallest absolute Gasteiger partial charge is 0.320 e. The van der Waals surface area contributed by atoms with Crippen molar-refractivity contribution < 1.29 is 4.79 Å². The molecular formula is C17H23N5OS. The summed E-state index contributed by atoms with van der Waals surface area (Å²) in [5.41, 5.74) is 1.09. The summed E-state index contributed by atoms with van der Waals surface area (Å²) in [4.78, 5) is 18.1. The van der Waals surface area contributed by atoms with Gasteiger partial charge in [-0.1, -0.05) is 6.42 Å². The Balaban J connectivity index is 1.43. The Morgan fingerprint density at radius 1 is 1.38 bits per heavy atom. The molecule has 1 unspecified atom stereocenters. The van der Waals surface area contributed by atoms with E-state index < -0.39 is 0 Å². The van der Waals surface area contributed by atoms with Crippen molar-refractivity contribution in [1.29, 1.82) is 0 Å². The van der Waals surface area contributed by atoms with Gasteiger partial charge in [-0.25, -0.2) is 9.78 Å². The minimum absolute atomic E-state index is 0.0167. The number of carbonyl (C=O) groups is 1. The van der Waals surface area contributed by atoms with Gasteiger partial charge in [-0.2, -0.15) is 5.10 Å². The van der Waals surface area contributed by atoms with Crippen LogP contribution >= 0.6 is 11.3 Å². The summed E-state index contributed by atoms with van der Waals surface area (Å²) in [5.74, 6) is 1.82. The quantitative estimate of drug-likeness (QED) is 0.867. The second kappa shape index (κ2) is 6.20. The van der Waals surface area contributed by atoms with Crippen molar-refractivity contribution in [3.05, 3.63) is 27.8 Å². The van der Waals surface area contributed by atoms with Gasteiger partial charge in [-0.3, -0.25) is 10.00 Å². The number of nitrogens with one attached hydrogen (secondary N) is 2. The van der Waals surface area contributed by atoms with E-state index in [-0.39, 0.29) is 12.1 Å². The molecule has 2 amide bonds. The van der Waals surface area contributed by atoms with Crippen LogP contribution in [0, 0.1) is 12.8 Å². The summed E-state index contributed by atoms with van der Waals surface area (Å²) >= 11 is 1.66. The first-order chi connectivity index (χ1) is 11.6. The number of rotatable bonds is 5. The number of urea groups is 1. The predicted molar refractivity (Wildman–Crippen MR) is 94.3 cm³/mol. The van der Waals surface area contributed by atoms with Gasteiger partial charge in [-0.15, -0.1) is 11.3 Å². The molecule has 24 heavy (non-hydrogen) atoms. The number of anilines is 1. The molecule has 0 saturated heterocycles. The van der Waals surface area contributed by atoms with E-state index in [4.69, 9.17) is 0 Å². The van der Waals surface area contributed by atoms with Gasteiger partial charge in [0.15, 0.2) is 0 Å². The fourth-order valence-electron chi connectivity index (χ4n) is 3.13. The van der Waals surface area contributed by atoms with Gasteiger partial charge < -0.3 is 5.32 Å². The summed E-state index contributed by atoms with van der Waals surface area (Å²) in [6.45, 7) is 2.04. The molecule has 2 N–H and O–H groups in total. The molecule has 6 nitrogen and oxygen atoms in total. The standard InChI is InChI=1S/C17H23N5OS/c1-10-9-18-16(24-10)15(12-6-7-12)20-17(23)19-14-8-13(21-22(14)2)11-4-3-5-11/h8-9,11-12,15H,3-7H2,1-2H3,(H2,19,20,23). The van der Waals surface area contributed by atoms with Gasteiger partial charge in [0.2, 0.25) is 0 Å². The molecule has 7 heteroatoms. The van der Waals surface area contributed by atoms with Crippen molar-refractivity contribution in [3.63, 3.8) is 0 Å². The second-order valence-electron chi connectivity index (χ2n) is 6.93. The van der Waals surface area contributed by atoms with Crippen molar-refractivity contribution in [2.75, 3.05) is 5.32 Å². The maximum Gasteiger partial charge on any atom is 0.320 e. The van der Waals surface area contributed by atoms with Crippen LogP contribution in [0.1, 0.15) is 59.6 Å². The zero-order valence-corrected chi connectivity index (χ0v) is 14.9. The fourth-order valence-corrected chi connectivity index (χ4v) is 4.05. The summed E-state index contributed by atoms with van der Waals surface area (Å²) in [5, 5.41) is 11.6.